The van der Waals surface area contributed by atoms with Gasteiger partial charge in [0, 0.05) is 18.9 Å². The summed E-state index contributed by atoms with van der Waals surface area (Å²) in [4.78, 5) is 4.40. The number of nitrogens with zero attached hydrogens (tertiary/aromatic N) is 2. The molecule has 1 aromatic carbocycles. The minimum Gasteiger partial charge on any atom is -0.342 e. The van der Waals surface area contributed by atoms with Crippen molar-refractivity contribution in [2.24, 2.45) is 7.05 Å². The third kappa shape index (κ3) is 1.82. The molecule has 0 saturated carbocycles. The Morgan fingerprint density at radius 1 is 0.778 bits per heavy atom. The number of pyridine rings is 1. The lowest BCUT2D eigenvalue weighted by atomic mass is 10.2. The SMILES string of the molecule is Cn1c(-c2ccccc2)ccc1-c1ccccn1. The number of benzene rings is 1. The molecule has 2 heteroatoms. The molecule has 2 heterocycles. The van der Waals surface area contributed by atoms with E-state index in [1.807, 2.05) is 30.5 Å². The Morgan fingerprint density at radius 3 is 2.22 bits per heavy atom. The van der Waals surface area contributed by atoms with E-state index in [2.05, 4.69) is 53.0 Å². The maximum Gasteiger partial charge on any atom is 0.0866 e. The minimum absolute atomic E-state index is 1.00. The molecular formula is C16H14N2. The zero-order valence-electron chi connectivity index (χ0n) is 10.2. The Balaban J connectivity index is 2.09. The number of hydrogen-bond donors (Lipinski definition) is 0. The summed E-state index contributed by atoms with van der Waals surface area (Å²) in [6, 6.07) is 20.6. The third-order valence-corrected chi connectivity index (χ3v) is 3.12. The van der Waals surface area contributed by atoms with Gasteiger partial charge in [0.05, 0.1) is 11.4 Å². The van der Waals surface area contributed by atoms with Crippen LogP contribution in [0.5, 0.6) is 0 Å². The van der Waals surface area contributed by atoms with Crippen LogP contribution in [0.4, 0.5) is 0 Å². The molecule has 0 atom stereocenters. The van der Waals surface area contributed by atoms with Crippen molar-refractivity contribution >= 4 is 0 Å². The maximum absolute atomic E-state index is 4.40. The Morgan fingerprint density at radius 2 is 1.50 bits per heavy atom. The van der Waals surface area contributed by atoms with E-state index in [0.717, 1.165) is 11.4 Å². The van der Waals surface area contributed by atoms with E-state index in [1.54, 1.807) is 0 Å². The van der Waals surface area contributed by atoms with Gasteiger partial charge in [0.1, 0.15) is 0 Å². The number of hydrogen-bond acceptors (Lipinski definition) is 1. The predicted molar refractivity (Wildman–Crippen MR) is 74.1 cm³/mol. The fourth-order valence-electron chi connectivity index (χ4n) is 2.18. The van der Waals surface area contributed by atoms with E-state index < -0.39 is 0 Å². The van der Waals surface area contributed by atoms with E-state index in [1.165, 1.54) is 11.3 Å². The molecule has 18 heavy (non-hydrogen) atoms. The molecular weight excluding hydrogens is 220 g/mol. The normalized spacial score (nSPS) is 10.5. The Bertz CT molecular complexity index is 582. The Labute approximate surface area is 107 Å². The summed E-state index contributed by atoms with van der Waals surface area (Å²) in [7, 11) is 2.08. The largest absolute Gasteiger partial charge is 0.342 e. The fourth-order valence-corrected chi connectivity index (χ4v) is 2.18. The average molecular weight is 234 g/mol. The maximum atomic E-state index is 4.40. The molecule has 88 valence electrons. The van der Waals surface area contributed by atoms with Crippen molar-refractivity contribution in [3.63, 3.8) is 0 Å². The highest BCUT2D eigenvalue weighted by atomic mass is 15.0. The summed E-state index contributed by atoms with van der Waals surface area (Å²) in [5.74, 6) is 0. The van der Waals surface area contributed by atoms with Gasteiger partial charge in [-0.3, -0.25) is 4.98 Å². The predicted octanol–water partition coefficient (Wildman–Crippen LogP) is 3.75. The summed E-state index contributed by atoms with van der Waals surface area (Å²) in [5, 5.41) is 0. The molecule has 0 fully saturated rings. The van der Waals surface area contributed by atoms with Crippen LogP contribution in [0.25, 0.3) is 22.6 Å². The molecule has 3 aromatic rings. The van der Waals surface area contributed by atoms with Crippen LogP contribution in [0.3, 0.4) is 0 Å². The molecule has 0 N–H and O–H groups in total. The van der Waals surface area contributed by atoms with Crippen molar-refractivity contribution < 1.29 is 0 Å². The van der Waals surface area contributed by atoms with Gasteiger partial charge in [-0.05, 0) is 29.8 Å². The molecule has 0 saturated heterocycles. The quantitative estimate of drug-likeness (QED) is 0.660. The molecule has 3 rings (SSSR count). The second kappa shape index (κ2) is 4.49. The van der Waals surface area contributed by atoms with Crippen LogP contribution in [-0.4, -0.2) is 9.55 Å². The zero-order valence-corrected chi connectivity index (χ0v) is 10.2. The summed E-state index contributed by atoms with van der Waals surface area (Å²) < 4.78 is 2.18. The first-order chi connectivity index (χ1) is 8.86. The molecule has 0 aliphatic carbocycles. The minimum atomic E-state index is 1.00. The number of rotatable bonds is 2. The van der Waals surface area contributed by atoms with Crippen LogP contribution in [0.15, 0.2) is 66.9 Å². The van der Waals surface area contributed by atoms with Crippen molar-refractivity contribution in [1.29, 1.82) is 0 Å². The molecule has 0 unspecified atom stereocenters. The smallest absolute Gasteiger partial charge is 0.0866 e. The van der Waals surface area contributed by atoms with Gasteiger partial charge in [0.25, 0.3) is 0 Å². The van der Waals surface area contributed by atoms with E-state index >= 15 is 0 Å². The van der Waals surface area contributed by atoms with Gasteiger partial charge < -0.3 is 4.57 Å². The van der Waals surface area contributed by atoms with Gasteiger partial charge in [0.2, 0.25) is 0 Å². The second-order valence-electron chi connectivity index (χ2n) is 4.24. The molecule has 0 radical (unpaired) electrons. The van der Waals surface area contributed by atoms with Gasteiger partial charge >= 0.3 is 0 Å². The van der Waals surface area contributed by atoms with E-state index in [9.17, 15) is 0 Å². The van der Waals surface area contributed by atoms with E-state index in [0.29, 0.717) is 0 Å². The lowest BCUT2D eigenvalue weighted by molar-refractivity contribution is 0.939. The molecule has 0 aliphatic heterocycles. The first kappa shape index (κ1) is 10.8. The van der Waals surface area contributed by atoms with Crippen LogP contribution < -0.4 is 0 Å². The first-order valence-electron chi connectivity index (χ1n) is 5.99. The van der Waals surface area contributed by atoms with E-state index in [4.69, 9.17) is 0 Å². The lowest BCUT2D eigenvalue weighted by Gasteiger charge is -2.07. The summed E-state index contributed by atoms with van der Waals surface area (Å²) in [6.07, 6.45) is 1.82. The van der Waals surface area contributed by atoms with Crippen molar-refractivity contribution in [2.75, 3.05) is 0 Å². The van der Waals surface area contributed by atoms with Gasteiger partial charge in [0.15, 0.2) is 0 Å². The molecule has 2 nitrogen and oxygen atoms in total. The summed E-state index contributed by atoms with van der Waals surface area (Å²) in [6.45, 7) is 0. The van der Waals surface area contributed by atoms with Crippen LogP contribution in [0, 0.1) is 0 Å². The third-order valence-electron chi connectivity index (χ3n) is 3.12. The van der Waals surface area contributed by atoms with Gasteiger partial charge in [-0.15, -0.1) is 0 Å². The highest BCUT2D eigenvalue weighted by Gasteiger charge is 2.08. The van der Waals surface area contributed by atoms with Crippen molar-refractivity contribution in [3.8, 4) is 22.6 Å². The van der Waals surface area contributed by atoms with Crippen LogP contribution in [-0.2, 0) is 7.05 Å². The topological polar surface area (TPSA) is 17.8 Å². The van der Waals surface area contributed by atoms with Gasteiger partial charge in [-0.25, -0.2) is 0 Å². The van der Waals surface area contributed by atoms with Crippen molar-refractivity contribution in [2.45, 2.75) is 0 Å². The number of aromatic nitrogens is 2. The summed E-state index contributed by atoms with van der Waals surface area (Å²) >= 11 is 0. The zero-order chi connectivity index (χ0) is 12.4. The highest BCUT2D eigenvalue weighted by Crippen LogP contribution is 2.26. The van der Waals surface area contributed by atoms with Crippen molar-refractivity contribution in [1.82, 2.24) is 9.55 Å². The first-order valence-corrected chi connectivity index (χ1v) is 5.99. The van der Waals surface area contributed by atoms with Crippen LogP contribution in [0.1, 0.15) is 0 Å². The van der Waals surface area contributed by atoms with E-state index in [-0.39, 0.29) is 0 Å². The highest BCUT2D eigenvalue weighted by molar-refractivity contribution is 5.67. The second-order valence-corrected chi connectivity index (χ2v) is 4.24. The summed E-state index contributed by atoms with van der Waals surface area (Å²) in [5.41, 5.74) is 4.56. The molecule has 0 spiro atoms. The molecule has 0 bridgehead atoms. The van der Waals surface area contributed by atoms with Gasteiger partial charge in [-0.2, -0.15) is 0 Å². The monoisotopic (exact) mass is 234 g/mol. The average Bonchev–Trinajstić information content (AvgIpc) is 2.83. The Kier molecular flexibility index (Phi) is 2.69. The van der Waals surface area contributed by atoms with Gasteiger partial charge in [-0.1, -0.05) is 36.4 Å². The molecule has 0 amide bonds. The molecule has 2 aromatic heterocycles. The van der Waals surface area contributed by atoms with Crippen molar-refractivity contribution in [3.05, 3.63) is 66.9 Å². The van der Waals surface area contributed by atoms with Crippen LogP contribution in [0.2, 0.25) is 0 Å². The molecule has 0 aliphatic rings. The lowest BCUT2D eigenvalue weighted by Crippen LogP contribution is -1.95. The fraction of sp³-hybridized carbons (Fsp3) is 0.0625. The van der Waals surface area contributed by atoms with Crippen LogP contribution >= 0.6 is 0 Å². The standard InChI is InChI=1S/C16H14N2/c1-18-15(13-7-3-2-4-8-13)10-11-16(18)14-9-5-6-12-17-14/h2-12H,1H3. The Hall–Kier alpha value is -2.35.